The van der Waals surface area contributed by atoms with Crippen molar-refractivity contribution >= 4 is 29.0 Å². The number of nitrogens with one attached hydrogen (secondary N) is 1. The van der Waals surface area contributed by atoms with E-state index in [0.717, 1.165) is 17.2 Å². The molecule has 1 aliphatic heterocycles. The molecule has 0 radical (unpaired) electrons. The maximum Gasteiger partial charge on any atom is 0.418 e. The summed E-state index contributed by atoms with van der Waals surface area (Å²) in [6.45, 7) is 0.650. The lowest BCUT2D eigenvalue weighted by molar-refractivity contribution is -0.137. The van der Waals surface area contributed by atoms with Crippen LogP contribution in [0.3, 0.4) is 0 Å². The predicted molar refractivity (Wildman–Crippen MR) is 100 cm³/mol. The number of anilines is 1. The third-order valence-electron chi connectivity index (χ3n) is 4.54. The van der Waals surface area contributed by atoms with Gasteiger partial charge in [0.25, 0.3) is 0 Å². The summed E-state index contributed by atoms with van der Waals surface area (Å²) < 4.78 is 41.9. The van der Waals surface area contributed by atoms with Crippen molar-refractivity contribution in [2.45, 2.75) is 19.0 Å². The van der Waals surface area contributed by atoms with Gasteiger partial charge < -0.3 is 5.32 Å². The van der Waals surface area contributed by atoms with E-state index >= 15 is 0 Å². The molecule has 1 aromatic heterocycles. The minimum absolute atomic E-state index is 0.0270. The molecule has 27 heavy (non-hydrogen) atoms. The van der Waals surface area contributed by atoms with Crippen LogP contribution in [0.4, 0.5) is 19.0 Å². The topological polar surface area (TPSA) is 29.9 Å². The van der Waals surface area contributed by atoms with E-state index < -0.39 is 11.7 Å². The molecule has 8 heteroatoms. The Kier molecular flexibility index (Phi) is 4.56. The highest BCUT2D eigenvalue weighted by Gasteiger charge is 2.36. The number of alkyl halides is 3. The second-order valence-electron chi connectivity index (χ2n) is 6.29. The van der Waals surface area contributed by atoms with Crippen LogP contribution in [0, 0.1) is 0 Å². The van der Waals surface area contributed by atoms with Crippen molar-refractivity contribution in [1.82, 2.24) is 9.78 Å². The molecule has 2 heterocycles. The maximum absolute atomic E-state index is 13.5. The summed E-state index contributed by atoms with van der Waals surface area (Å²) in [4.78, 5) is 0. The van der Waals surface area contributed by atoms with Crippen LogP contribution < -0.4 is 5.32 Å². The van der Waals surface area contributed by atoms with Gasteiger partial charge in [0.05, 0.1) is 16.9 Å². The van der Waals surface area contributed by atoms with Crippen LogP contribution >= 0.6 is 23.2 Å². The highest BCUT2D eigenvalue weighted by molar-refractivity contribution is 6.31. The van der Waals surface area contributed by atoms with Gasteiger partial charge in [-0.3, -0.25) is 0 Å². The molecule has 0 atom stereocenters. The number of nitrogens with zero attached hydrogens (tertiary/aromatic N) is 2. The molecule has 1 N–H and O–H groups in total. The molecule has 0 saturated heterocycles. The van der Waals surface area contributed by atoms with Crippen LogP contribution in [0.1, 0.15) is 22.4 Å². The summed E-state index contributed by atoms with van der Waals surface area (Å²) in [6.07, 6.45) is -3.39. The first-order valence-electron chi connectivity index (χ1n) is 8.30. The minimum atomic E-state index is -4.54. The van der Waals surface area contributed by atoms with Gasteiger partial charge in [0.15, 0.2) is 0 Å². The zero-order valence-corrected chi connectivity index (χ0v) is 15.5. The molecule has 0 saturated carbocycles. The van der Waals surface area contributed by atoms with E-state index in [4.69, 9.17) is 23.2 Å². The number of hydrogen-bond donors (Lipinski definition) is 1. The van der Waals surface area contributed by atoms with E-state index in [1.54, 1.807) is 6.07 Å². The van der Waals surface area contributed by atoms with Crippen LogP contribution in [-0.4, -0.2) is 16.3 Å². The molecule has 3 nitrogen and oxygen atoms in total. The molecular formula is C19H14Cl2F3N3. The molecule has 140 valence electrons. The third kappa shape index (κ3) is 3.39. The van der Waals surface area contributed by atoms with Gasteiger partial charge in [-0.2, -0.15) is 18.3 Å². The van der Waals surface area contributed by atoms with Gasteiger partial charge in [0, 0.05) is 28.6 Å². The van der Waals surface area contributed by atoms with E-state index in [0.29, 0.717) is 35.9 Å². The Morgan fingerprint density at radius 2 is 1.89 bits per heavy atom. The Hall–Kier alpha value is -2.18. The molecule has 0 aliphatic carbocycles. The van der Waals surface area contributed by atoms with Crippen LogP contribution in [0.15, 0.2) is 42.5 Å². The number of benzene rings is 2. The van der Waals surface area contributed by atoms with Gasteiger partial charge in [0.1, 0.15) is 5.82 Å². The zero-order valence-electron chi connectivity index (χ0n) is 13.9. The van der Waals surface area contributed by atoms with Crippen molar-refractivity contribution in [3.63, 3.8) is 0 Å². The summed E-state index contributed by atoms with van der Waals surface area (Å²) in [5.41, 5.74) is 1.64. The highest BCUT2D eigenvalue weighted by Crippen LogP contribution is 2.38. The van der Waals surface area contributed by atoms with Gasteiger partial charge in [-0.05, 0) is 36.2 Å². The van der Waals surface area contributed by atoms with Crippen molar-refractivity contribution in [1.29, 1.82) is 0 Å². The largest absolute Gasteiger partial charge is 0.418 e. The molecule has 0 spiro atoms. The third-order valence-corrected chi connectivity index (χ3v) is 5.15. The highest BCUT2D eigenvalue weighted by atomic mass is 35.5. The van der Waals surface area contributed by atoms with Gasteiger partial charge in [-0.1, -0.05) is 41.4 Å². The lowest BCUT2D eigenvalue weighted by Gasteiger charge is -2.15. The van der Waals surface area contributed by atoms with E-state index in [2.05, 4.69) is 10.4 Å². The fourth-order valence-corrected chi connectivity index (χ4v) is 3.68. The monoisotopic (exact) mass is 411 g/mol. The van der Waals surface area contributed by atoms with Crippen LogP contribution in [0.25, 0.3) is 5.69 Å². The van der Waals surface area contributed by atoms with Crippen molar-refractivity contribution in [2.24, 2.45) is 0 Å². The van der Waals surface area contributed by atoms with E-state index in [-0.39, 0.29) is 10.7 Å². The maximum atomic E-state index is 13.5. The Morgan fingerprint density at radius 3 is 2.63 bits per heavy atom. The predicted octanol–water partition coefficient (Wildman–Crippen LogP) is 5.76. The van der Waals surface area contributed by atoms with E-state index in [1.807, 2.05) is 18.2 Å². The first kappa shape index (κ1) is 18.2. The SMILES string of the molecule is FC(F)(F)c1cc(Cl)ccc1-n1nc(Cc2ccccc2Cl)c2c1NCC2. The first-order chi connectivity index (χ1) is 12.8. The summed E-state index contributed by atoms with van der Waals surface area (Å²) in [5.74, 6) is 0.588. The number of hydrogen-bond acceptors (Lipinski definition) is 2. The molecular weight excluding hydrogens is 398 g/mol. The number of halogens is 5. The molecule has 0 amide bonds. The van der Waals surface area contributed by atoms with E-state index in [1.165, 1.54) is 16.8 Å². The lowest BCUT2D eigenvalue weighted by Crippen LogP contribution is -2.13. The van der Waals surface area contributed by atoms with Crippen LogP contribution in [0.5, 0.6) is 0 Å². The molecule has 0 unspecified atom stereocenters. The number of fused-ring (bicyclic) bond motifs is 1. The van der Waals surface area contributed by atoms with Crippen molar-refractivity contribution in [3.05, 3.63) is 74.9 Å². The van der Waals surface area contributed by atoms with Gasteiger partial charge in [-0.15, -0.1) is 0 Å². The van der Waals surface area contributed by atoms with Crippen molar-refractivity contribution in [2.75, 3.05) is 11.9 Å². The Labute approximate surface area is 163 Å². The smallest absolute Gasteiger partial charge is 0.369 e. The van der Waals surface area contributed by atoms with Crippen LogP contribution in [-0.2, 0) is 19.0 Å². The molecule has 4 rings (SSSR count). The molecule has 0 bridgehead atoms. The quantitative estimate of drug-likeness (QED) is 0.593. The number of aromatic nitrogens is 2. The molecule has 2 aromatic carbocycles. The second kappa shape index (κ2) is 6.77. The Bertz CT molecular complexity index is 1010. The summed E-state index contributed by atoms with van der Waals surface area (Å²) >= 11 is 12.0. The Morgan fingerprint density at radius 1 is 1.11 bits per heavy atom. The van der Waals surface area contributed by atoms with Gasteiger partial charge >= 0.3 is 6.18 Å². The summed E-state index contributed by atoms with van der Waals surface area (Å²) in [7, 11) is 0. The summed E-state index contributed by atoms with van der Waals surface area (Å²) in [6, 6.07) is 11.1. The lowest BCUT2D eigenvalue weighted by atomic mass is 10.1. The summed E-state index contributed by atoms with van der Waals surface area (Å²) in [5, 5.41) is 8.28. The zero-order chi connectivity index (χ0) is 19.2. The number of rotatable bonds is 3. The molecule has 3 aromatic rings. The second-order valence-corrected chi connectivity index (χ2v) is 7.13. The van der Waals surface area contributed by atoms with Gasteiger partial charge in [-0.25, -0.2) is 4.68 Å². The fraction of sp³-hybridized carbons (Fsp3) is 0.211. The fourth-order valence-electron chi connectivity index (χ4n) is 3.30. The van der Waals surface area contributed by atoms with Crippen LogP contribution in [0.2, 0.25) is 10.0 Å². The minimum Gasteiger partial charge on any atom is -0.369 e. The molecule has 0 fully saturated rings. The normalized spacial score (nSPS) is 13.5. The van der Waals surface area contributed by atoms with E-state index in [9.17, 15) is 13.2 Å². The van der Waals surface area contributed by atoms with Crippen molar-refractivity contribution < 1.29 is 13.2 Å². The Balaban J connectivity index is 1.84. The molecule has 1 aliphatic rings. The van der Waals surface area contributed by atoms with Crippen molar-refractivity contribution in [3.8, 4) is 5.69 Å². The average molecular weight is 412 g/mol. The standard InChI is InChI=1S/C19H14Cl2F3N3/c20-12-5-6-17(14(10-12)19(22,23)24)27-18-13(7-8-25-18)16(26-27)9-11-3-1-2-4-15(11)21/h1-6,10,25H,7-9H2. The average Bonchev–Trinajstić information content (AvgIpc) is 3.20. The van der Waals surface area contributed by atoms with Gasteiger partial charge in [0.2, 0.25) is 0 Å². The first-order valence-corrected chi connectivity index (χ1v) is 9.05.